The number of hydrogen-bond acceptors (Lipinski definition) is 7. The monoisotopic (exact) mass is 483 g/mol. The standard InChI is InChI=1S/C26H33N3O4S/c1-17(2)28(18(3)4)13-14-29-25(31)20-9-7-8-10-22(20)27-26(29)34-16-23(30)21-15-19(32-5)11-12-24(21)33-6/h7-12,15,17-18H,13-14,16H2,1-6H3. The van der Waals surface area contributed by atoms with Gasteiger partial charge in [0.15, 0.2) is 10.9 Å². The molecule has 0 amide bonds. The quantitative estimate of drug-likeness (QED) is 0.226. The molecule has 0 atom stereocenters. The van der Waals surface area contributed by atoms with E-state index in [0.717, 1.165) is 0 Å². The molecule has 1 heterocycles. The fraction of sp³-hybridized carbons (Fsp3) is 0.423. The largest absolute Gasteiger partial charge is 0.497 e. The molecular weight excluding hydrogens is 450 g/mol. The molecule has 0 N–H and O–H groups in total. The number of thioether (sulfide) groups is 1. The minimum Gasteiger partial charge on any atom is -0.497 e. The zero-order valence-electron chi connectivity index (χ0n) is 20.7. The van der Waals surface area contributed by atoms with Gasteiger partial charge in [-0.1, -0.05) is 23.9 Å². The average Bonchev–Trinajstić information content (AvgIpc) is 2.83. The van der Waals surface area contributed by atoms with Gasteiger partial charge in [-0.15, -0.1) is 0 Å². The van der Waals surface area contributed by atoms with Crippen molar-refractivity contribution in [3.05, 3.63) is 58.4 Å². The van der Waals surface area contributed by atoms with Crippen molar-refractivity contribution in [1.82, 2.24) is 14.5 Å². The number of para-hydroxylation sites is 1. The summed E-state index contributed by atoms with van der Waals surface area (Å²) in [6.45, 7) is 9.80. The second-order valence-corrected chi connectivity index (χ2v) is 9.51. The second kappa shape index (κ2) is 11.5. The van der Waals surface area contributed by atoms with Crippen LogP contribution in [0, 0.1) is 0 Å². The summed E-state index contributed by atoms with van der Waals surface area (Å²) in [4.78, 5) is 33.5. The molecule has 0 aliphatic rings. The molecule has 0 unspecified atom stereocenters. The molecule has 0 radical (unpaired) electrons. The van der Waals surface area contributed by atoms with Crippen LogP contribution in [0.2, 0.25) is 0 Å². The van der Waals surface area contributed by atoms with Crippen molar-refractivity contribution in [2.24, 2.45) is 0 Å². The molecule has 0 aliphatic carbocycles. The van der Waals surface area contributed by atoms with E-state index >= 15 is 0 Å². The number of carbonyl (C=O) groups is 1. The molecule has 1 aromatic heterocycles. The van der Waals surface area contributed by atoms with Crippen LogP contribution < -0.4 is 15.0 Å². The lowest BCUT2D eigenvalue weighted by Crippen LogP contribution is -2.40. The van der Waals surface area contributed by atoms with Crippen LogP contribution in [-0.2, 0) is 6.54 Å². The van der Waals surface area contributed by atoms with E-state index in [1.54, 1.807) is 35.9 Å². The molecule has 7 nitrogen and oxygen atoms in total. The van der Waals surface area contributed by atoms with Gasteiger partial charge in [0.1, 0.15) is 11.5 Å². The van der Waals surface area contributed by atoms with Crippen LogP contribution in [0.3, 0.4) is 0 Å². The molecule has 0 saturated carbocycles. The normalized spacial score (nSPS) is 11.6. The van der Waals surface area contributed by atoms with Crippen LogP contribution in [-0.4, -0.2) is 58.8 Å². The van der Waals surface area contributed by atoms with Crippen molar-refractivity contribution < 1.29 is 14.3 Å². The Morgan fingerprint density at radius 1 is 1.06 bits per heavy atom. The Morgan fingerprint density at radius 3 is 2.41 bits per heavy atom. The number of rotatable bonds is 11. The smallest absolute Gasteiger partial charge is 0.262 e. The third-order valence-corrected chi connectivity index (χ3v) is 6.75. The van der Waals surface area contributed by atoms with Gasteiger partial charge in [0.25, 0.3) is 5.56 Å². The number of carbonyl (C=O) groups excluding carboxylic acids is 1. The van der Waals surface area contributed by atoms with Crippen LogP contribution in [0.5, 0.6) is 11.5 Å². The van der Waals surface area contributed by atoms with Crippen molar-refractivity contribution in [1.29, 1.82) is 0 Å². The number of Topliss-reactive ketones (excluding diaryl/α,β-unsaturated/α-hetero) is 1. The molecular formula is C26H33N3O4S. The predicted octanol–water partition coefficient (Wildman–Crippen LogP) is 4.51. The lowest BCUT2D eigenvalue weighted by atomic mass is 10.1. The summed E-state index contributed by atoms with van der Waals surface area (Å²) in [5, 5.41) is 1.11. The maximum absolute atomic E-state index is 13.4. The molecule has 34 heavy (non-hydrogen) atoms. The van der Waals surface area contributed by atoms with Crippen molar-refractivity contribution in [2.75, 3.05) is 26.5 Å². The van der Waals surface area contributed by atoms with Crippen LogP contribution in [0.25, 0.3) is 10.9 Å². The van der Waals surface area contributed by atoms with Gasteiger partial charge >= 0.3 is 0 Å². The maximum Gasteiger partial charge on any atom is 0.262 e. The first-order valence-electron chi connectivity index (χ1n) is 11.4. The lowest BCUT2D eigenvalue weighted by molar-refractivity contribution is 0.101. The summed E-state index contributed by atoms with van der Waals surface area (Å²) in [7, 11) is 3.09. The molecule has 3 rings (SSSR count). The lowest BCUT2D eigenvalue weighted by Gasteiger charge is -2.30. The summed E-state index contributed by atoms with van der Waals surface area (Å²) in [6.07, 6.45) is 0. The highest BCUT2D eigenvalue weighted by atomic mass is 32.2. The van der Waals surface area contributed by atoms with Gasteiger partial charge in [0.2, 0.25) is 0 Å². The average molecular weight is 484 g/mol. The Labute approximate surface area is 205 Å². The van der Waals surface area contributed by atoms with Gasteiger partial charge in [-0.05, 0) is 58.0 Å². The first kappa shape index (κ1) is 25.8. The van der Waals surface area contributed by atoms with Crippen LogP contribution >= 0.6 is 11.8 Å². The molecule has 0 fully saturated rings. The van der Waals surface area contributed by atoms with E-state index in [1.807, 2.05) is 18.2 Å². The summed E-state index contributed by atoms with van der Waals surface area (Å²) < 4.78 is 12.3. The number of aromatic nitrogens is 2. The first-order chi connectivity index (χ1) is 16.3. The number of benzene rings is 2. The number of ketones is 1. The molecule has 0 spiro atoms. The summed E-state index contributed by atoms with van der Waals surface area (Å²) in [5.41, 5.74) is 0.976. The van der Waals surface area contributed by atoms with E-state index in [-0.39, 0.29) is 17.1 Å². The molecule has 0 bridgehead atoms. The topological polar surface area (TPSA) is 73.7 Å². The third-order valence-electron chi connectivity index (χ3n) is 5.77. The molecule has 8 heteroatoms. The summed E-state index contributed by atoms with van der Waals surface area (Å²) in [6, 6.07) is 13.2. The summed E-state index contributed by atoms with van der Waals surface area (Å²) >= 11 is 1.27. The Bertz CT molecular complexity index is 1200. The SMILES string of the molecule is COc1ccc(OC)c(C(=O)CSc2nc3ccccc3c(=O)n2CCN(C(C)C)C(C)C)c1. The number of nitrogens with zero attached hydrogens (tertiary/aromatic N) is 3. The van der Waals surface area contributed by atoms with Gasteiger partial charge in [0, 0.05) is 25.2 Å². The van der Waals surface area contributed by atoms with Gasteiger partial charge in [-0.3, -0.25) is 19.1 Å². The van der Waals surface area contributed by atoms with Crippen molar-refractivity contribution in [3.8, 4) is 11.5 Å². The van der Waals surface area contributed by atoms with E-state index in [0.29, 0.717) is 58.3 Å². The highest BCUT2D eigenvalue weighted by Crippen LogP contribution is 2.27. The highest BCUT2D eigenvalue weighted by molar-refractivity contribution is 7.99. The Morgan fingerprint density at radius 2 is 1.76 bits per heavy atom. The van der Waals surface area contributed by atoms with E-state index in [4.69, 9.17) is 14.5 Å². The second-order valence-electron chi connectivity index (χ2n) is 8.57. The van der Waals surface area contributed by atoms with Crippen molar-refractivity contribution in [2.45, 2.75) is 51.5 Å². The van der Waals surface area contributed by atoms with Crippen LogP contribution in [0.4, 0.5) is 0 Å². The van der Waals surface area contributed by atoms with Gasteiger partial charge in [0.05, 0.1) is 36.4 Å². The fourth-order valence-electron chi connectivity index (χ4n) is 4.02. The van der Waals surface area contributed by atoms with Crippen molar-refractivity contribution >= 4 is 28.4 Å². The first-order valence-corrected chi connectivity index (χ1v) is 12.4. The molecule has 182 valence electrons. The minimum atomic E-state index is -0.124. The molecule has 3 aromatic rings. The van der Waals surface area contributed by atoms with E-state index < -0.39 is 0 Å². The van der Waals surface area contributed by atoms with Gasteiger partial charge in [-0.2, -0.15) is 0 Å². The van der Waals surface area contributed by atoms with Gasteiger partial charge < -0.3 is 9.47 Å². The van der Waals surface area contributed by atoms with Crippen molar-refractivity contribution in [3.63, 3.8) is 0 Å². The summed E-state index contributed by atoms with van der Waals surface area (Å²) in [5.74, 6) is 1.06. The Hall–Kier alpha value is -2.84. The molecule has 0 saturated heterocycles. The van der Waals surface area contributed by atoms with Crippen LogP contribution in [0.1, 0.15) is 38.1 Å². The predicted molar refractivity (Wildman–Crippen MR) is 138 cm³/mol. The number of methoxy groups -OCH3 is 2. The molecule has 2 aromatic carbocycles. The zero-order valence-corrected chi connectivity index (χ0v) is 21.5. The minimum absolute atomic E-state index is 0.0908. The highest BCUT2D eigenvalue weighted by Gasteiger charge is 2.19. The Balaban J connectivity index is 1.93. The maximum atomic E-state index is 13.4. The number of hydrogen-bond donors (Lipinski definition) is 0. The number of ether oxygens (including phenoxy) is 2. The number of fused-ring (bicyclic) bond motifs is 1. The molecule has 0 aliphatic heterocycles. The van der Waals surface area contributed by atoms with Gasteiger partial charge in [-0.25, -0.2) is 4.98 Å². The van der Waals surface area contributed by atoms with E-state index in [1.165, 1.54) is 18.9 Å². The zero-order chi connectivity index (χ0) is 24.8. The third kappa shape index (κ3) is 5.80. The van der Waals surface area contributed by atoms with E-state index in [9.17, 15) is 9.59 Å². The fourth-order valence-corrected chi connectivity index (χ4v) is 4.93. The Kier molecular flexibility index (Phi) is 8.74. The van der Waals surface area contributed by atoms with Crippen LogP contribution in [0.15, 0.2) is 52.4 Å². The van der Waals surface area contributed by atoms with E-state index in [2.05, 4.69) is 32.6 Å².